The van der Waals surface area contributed by atoms with Gasteiger partial charge in [-0.3, -0.25) is 0 Å². The lowest BCUT2D eigenvalue weighted by atomic mass is 9.99. The molecule has 2 N–H and O–H groups in total. The molecule has 4 rings (SSSR count). The number of fused-ring (bicyclic) bond motifs is 1. The molecule has 2 aromatic rings. The molecule has 2 aliphatic heterocycles. The number of hydrogen-bond acceptors (Lipinski definition) is 6. The van der Waals surface area contributed by atoms with E-state index in [0.29, 0.717) is 6.61 Å². The van der Waals surface area contributed by atoms with E-state index in [1.54, 1.807) is 0 Å². The van der Waals surface area contributed by atoms with Crippen LogP contribution >= 0.6 is 0 Å². The summed E-state index contributed by atoms with van der Waals surface area (Å²) < 4.78 is 24.1. The predicted molar refractivity (Wildman–Crippen MR) is 102 cm³/mol. The van der Waals surface area contributed by atoms with E-state index in [-0.39, 0.29) is 0 Å². The molecular weight excluding hydrogens is 360 g/mol. The van der Waals surface area contributed by atoms with Gasteiger partial charge in [-0.15, -0.1) is 0 Å². The standard InChI is InChI=1S/C22H26O6/c1-13-3-7-15(8-4-13)21-25-12-18-20(28-21)19(17(24)11-23)27-22(26-18)16-9-5-14(2)6-10-16/h3-10,17-24H,11-12H2,1-2H3/t17-,18+,19-,20-,21?,22?/m0/s1. The molecule has 0 bridgehead atoms. The van der Waals surface area contributed by atoms with E-state index in [1.807, 2.05) is 62.4 Å². The van der Waals surface area contributed by atoms with Gasteiger partial charge in [-0.25, -0.2) is 0 Å². The minimum absolute atomic E-state index is 0.309. The summed E-state index contributed by atoms with van der Waals surface area (Å²) in [5.74, 6) is 0. The van der Waals surface area contributed by atoms with Gasteiger partial charge in [0, 0.05) is 11.1 Å². The van der Waals surface area contributed by atoms with E-state index < -0.39 is 43.6 Å². The third-order valence-electron chi connectivity index (χ3n) is 5.23. The fraction of sp³-hybridized carbons (Fsp3) is 0.455. The normalized spacial score (nSPS) is 31.2. The highest BCUT2D eigenvalue weighted by Crippen LogP contribution is 2.38. The maximum absolute atomic E-state index is 10.4. The summed E-state index contributed by atoms with van der Waals surface area (Å²) in [4.78, 5) is 0. The van der Waals surface area contributed by atoms with Crippen LogP contribution in [0.5, 0.6) is 0 Å². The third-order valence-corrected chi connectivity index (χ3v) is 5.23. The lowest BCUT2D eigenvalue weighted by Crippen LogP contribution is -2.58. The van der Waals surface area contributed by atoms with Gasteiger partial charge >= 0.3 is 0 Å². The van der Waals surface area contributed by atoms with E-state index in [0.717, 1.165) is 22.3 Å². The molecule has 28 heavy (non-hydrogen) atoms. The molecule has 0 aliphatic carbocycles. The molecule has 2 heterocycles. The first-order valence-electron chi connectivity index (χ1n) is 9.55. The second-order valence-corrected chi connectivity index (χ2v) is 7.44. The largest absolute Gasteiger partial charge is 0.394 e. The van der Waals surface area contributed by atoms with Crippen molar-refractivity contribution in [2.45, 2.75) is 50.8 Å². The zero-order valence-corrected chi connectivity index (χ0v) is 16.0. The minimum Gasteiger partial charge on any atom is -0.394 e. The summed E-state index contributed by atoms with van der Waals surface area (Å²) in [6.45, 7) is 3.91. The summed E-state index contributed by atoms with van der Waals surface area (Å²) >= 11 is 0. The van der Waals surface area contributed by atoms with E-state index in [1.165, 1.54) is 0 Å². The van der Waals surface area contributed by atoms with E-state index in [9.17, 15) is 10.2 Å². The Morgan fingerprint density at radius 2 is 1.43 bits per heavy atom. The van der Waals surface area contributed by atoms with Gasteiger partial charge in [0.25, 0.3) is 0 Å². The topological polar surface area (TPSA) is 77.4 Å². The molecule has 0 amide bonds. The molecule has 6 atom stereocenters. The van der Waals surface area contributed by atoms with E-state index >= 15 is 0 Å². The van der Waals surface area contributed by atoms with E-state index in [4.69, 9.17) is 18.9 Å². The van der Waals surface area contributed by atoms with Gasteiger partial charge < -0.3 is 29.2 Å². The van der Waals surface area contributed by atoms with Gasteiger partial charge in [0.1, 0.15) is 24.4 Å². The molecule has 0 radical (unpaired) electrons. The number of hydrogen-bond donors (Lipinski definition) is 2. The first kappa shape index (κ1) is 19.5. The van der Waals surface area contributed by atoms with Crippen LogP contribution < -0.4 is 0 Å². The Bertz CT molecular complexity index is 773. The summed E-state index contributed by atoms with van der Waals surface area (Å²) in [5, 5.41) is 19.9. The molecule has 0 saturated carbocycles. The molecule has 2 aliphatic rings. The van der Waals surface area contributed by atoms with Crippen molar-refractivity contribution in [1.29, 1.82) is 0 Å². The van der Waals surface area contributed by atoms with Gasteiger partial charge in [0.05, 0.1) is 13.2 Å². The molecule has 2 saturated heterocycles. The Kier molecular flexibility index (Phi) is 5.78. The van der Waals surface area contributed by atoms with Crippen LogP contribution in [-0.2, 0) is 18.9 Å². The number of aryl methyl sites for hydroxylation is 2. The van der Waals surface area contributed by atoms with Crippen LogP contribution in [0, 0.1) is 13.8 Å². The van der Waals surface area contributed by atoms with Crippen molar-refractivity contribution >= 4 is 0 Å². The van der Waals surface area contributed by atoms with Crippen molar-refractivity contribution in [3.05, 3.63) is 70.8 Å². The lowest BCUT2D eigenvalue weighted by Gasteiger charge is -2.47. The smallest absolute Gasteiger partial charge is 0.184 e. The SMILES string of the molecule is Cc1ccc(C2OC[C@H]3OC(c4ccc(C)cc4)O[C@@H]([C@@H](O)CO)[C@H]3O2)cc1. The zero-order valence-electron chi connectivity index (χ0n) is 16.0. The number of benzene rings is 2. The molecule has 6 nitrogen and oxygen atoms in total. The molecule has 150 valence electrons. The molecular formula is C22H26O6. The van der Waals surface area contributed by atoms with Gasteiger partial charge in [-0.2, -0.15) is 0 Å². The molecule has 2 aromatic carbocycles. The second kappa shape index (κ2) is 8.29. The zero-order chi connectivity index (χ0) is 19.7. The lowest BCUT2D eigenvalue weighted by molar-refractivity contribution is -0.373. The summed E-state index contributed by atoms with van der Waals surface area (Å²) in [7, 11) is 0. The minimum atomic E-state index is -1.08. The van der Waals surface area contributed by atoms with Crippen molar-refractivity contribution in [3.63, 3.8) is 0 Å². The fourth-order valence-electron chi connectivity index (χ4n) is 3.56. The van der Waals surface area contributed by atoms with Crippen LogP contribution in [0.3, 0.4) is 0 Å². The molecule has 6 heteroatoms. The van der Waals surface area contributed by atoms with Crippen LogP contribution in [-0.4, -0.2) is 47.8 Å². The quantitative estimate of drug-likeness (QED) is 0.841. The maximum atomic E-state index is 10.4. The molecule has 0 aromatic heterocycles. The molecule has 2 unspecified atom stereocenters. The average Bonchev–Trinajstić information content (AvgIpc) is 2.73. The van der Waals surface area contributed by atoms with Crippen molar-refractivity contribution in [2.24, 2.45) is 0 Å². The number of aliphatic hydroxyl groups excluding tert-OH is 2. The van der Waals surface area contributed by atoms with Crippen LogP contribution in [0.1, 0.15) is 34.8 Å². The molecule has 2 fully saturated rings. The highest BCUT2D eigenvalue weighted by atomic mass is 16.8. The highest BCUT2D eigenvalue weighted by Gasteiger charge is 2.48. The Balaban J connectivity index is 1.55. The van der Waals surface area contributed by atoms with Crippen molar-refractivity contribution in [2.75, 3.05) is 13.2 Å². The van der Waals surface area contributed by atoms with Gasteiger partial charge in [-0.05, 0) is 13.8 Å². The number of aliphatic hydroxyl groups is 2. The van der Waals surface area contributed by atoms with Gasteiger partial charge in [-0.1, -0.05) is 59.7 Å². The fourth-order valence-corrected chi connectivity index (χ4v) is 3.56. The summed E-state index contributed by atoms with van der Waals surface area (Å²) in [6, 6.07) is 15.7. The Morgan fingerprint density at radius 1 is 0.857 bits per heavy atom. The highest BCUT2D eigenvalue weighted by molar-refractivity contribution is 5.24. The average molecular weight is 386 g/mol. The summed E-state index contributed by atoms with van der Waals surface area (Å²) in [6.07, 6.45) is -4.00. The van der Waals surface area contributed by atoms with E-state index in [2.05, 4.69) is 0 Å². The monoisotopic (exact) mass is 386 g/mol. The maximum Gasteiger partial charge on any atom is 0.184 e. The van der Waals surface area contributed by atoms with Crippen LogP contribution in [0.25, 0.3) is 0 Å². The van der Waals surface area contributed by atoms with Crippen LogP contribution in [0.2, 0.25) is 0 Å². The third kappa shape index (κ3) is 3.98. The molecule has 0 spiro atoms. The van der Waals surface area contributed by atoms with Crippen LogP contribution in [0.4, 0.5) is 0 Å². The van der Waals surface area contributed by atoms with Crippen molar-refractivity contribution in [3.8, 4) is 0 Å². The van der Waals surface area contributed by atoms with Gasteiger partial charge in [0.2, 0.25) is 0 Å². The number of ether oxygens (including phenoxy) is 4. The number of rotatable bonds is 4. The van der Waals surface area contributed by atoms with Crippen LogP contribution in [0.15, 0.2) is 48.5 Å². The predicted octanol–water partition coefficient (Wildman–Crippen LogP) is 2.55. The van der Waals surface area contributed by atoms with Crippen molar-refractivity contribution < 1.29 is 29.2 Å². The second-order valence-electron chi connectivity index (χ2n) is 7.44. The Morgan fingerprint density at radius 3 is 2.00 bits per heavy atom. The van der Waals surface area contributed by atoms with Crippen molar-refractivity contribution in [1.82, 2.24) is 0 Å². The Labute approximate surface area is 164 Å². The van der Waals surface area contributed by atoms with Gasteiger partial charge in [0.15, 0.2) is 12.6 Å². The first-order valence-corrected chi connectivity index (χ1v) is 9.55. The summed E-state index contributed by atoms with van der Waals surface area (Å²) in [5.41, 5.74) is 4.02. The Hall–Kier alpha value is -1.80. The first-order chi connectivity index (χ1) is 13.5.